The second-order valence-corrected chi connectivity index (χ2v) is 9.95. The van der Waals surface area contributed by atoms with Gasteiger partial charge >= 0.3 is 0 Å². The molecule has 172 valence electrons. The molecule has 4 rings (SSSR count). The highest BCUT2D eigenvalue weighted by molar-refractivity contribution is 7.89. The van der Waals surface area contributed by atoms with Crippen LogP contribution < -0.4 is 5.56 Å². The number of benzene rings is 1. The Balaban J connectivity index is 1.88. The topological polar surface area (TPSA) is 110 Å². The maximum Gasteiger partial charge on any atom is 0.277 e. The number of rotatable bonds is 7. The molecule has 0 unspecified atom stereocenters. The lowest BCUT2D eigenvalue weighted by Crippen LogP contribution is -2.40. The summed E-state index contributed by atoms with van der Waals surface area (Å²) in [6.45, 7) is 7.30. The first-order valence-electron chi connectivity index (χ1n) is 11.1. The van der Waals surface area contributed by atoms with Crippen molar-refractivity contribution in [2.45, 2.75) is 51.3 Å². The number of nitrogens with one attached hydrogen (secondary N) is 1. The van der Waals surface area contributed by atoms with Crippen molar-refractivity contribution in [2.75, 3.05) is 26.3 Å². The van der Waals surface area contributed by atoms with Crippen LogP contribution in [0.3, 0.4) is 0 Å². The molecule has 10 heteroatoms. The molecule has 1 saturated heterocycles. The van der Waals surface area contributed by atoms with Crippen molar-refractivity contribution < 1.29 is 13.2 Å². The van der Waals surface area contributed by atoms with Gasteiger partial charge in [0, 0.05) is 25.1 Å². The van der Waals surface area contributed by atoms with Crippen molar-refractivity contribution in [3.05, 3.63) is 45.6 Å². The number of aromatic amines is 1. The van der Waals surface area contributed by atoms with Crippen molar-refractivity contribution in [1.82, 2.24) is 23.9 Å². The summed E-state index contributed by atoms with van der Waals surface area (Å²) in [7, 11) is -3.68. The fourth-order valence-electron chi connectivity index (χ4n) is 4.10. The molecule has 1 N–H and O–H groups in total. The molecule has 32 heavy (non-hydrogen) atoms. The Labute approximate surface area is 187 Å². The zero-order valence-electron chi connectivity index (χ0n) is 18.7. The third-order valence-corrected chi connectivity index (χ3v) is 7.57. The van der Waals surface area contributed by atoms with Crippen molar-refractivity contribution in [1.29, 1.82) is 0 Å². The number of hydrogen-bond acceptors (Lipinski definition) is 6. The standard InChI is InChI=1S/C22H29N5O4S/c1-4-6-16-8-9-17(32(29,30)26-10-12-31-13-11-26)14-18(16)21-24-22(28)20-15(3)23-19(7-5-2)27(20)25-21/h8-9,14H,4-7,10-13H2,1-3H3,(H,24,25,28). The molecule has 0 saturated carbocycles. The molecule has 0 aliphatic carbocycles. The summed E-state index contributed by atoms with van der Waals surface area (Å²) in [5.41, 5.74) is 2.32. The first-order chi connectivity index (χ1) is 15.4. The molecule has 0 atom stereocenters. The second kappa shape index (κ2) is 9.13. The highest BCUT2D eigenvalue weighted by atomic mass is 32.2. The lowest BCUT2D eigenvalue weighted by atomic mass is 10.0. The zero-order chi connectivity index (χ0) is 22.9. The van der Waals surface area contributed by atoms with Crippen LogP contribution in [0.4, 0.5) is 0 Å². The minimum atomic E-state index is -3.68. The Bertz CT molecular complexity index is 1290. The number of morpholine rings is 1. The maximum atomic E-state index is 13.2. The molecule has 3 heterocycles. The predicted octanol–water partition coefficient (Wildman–Crippen LogP) is 2.32. The fourth-order valence-corrected chi connectivity index (χ4v) is 5.54. The van der Waals surface area contributed by atoms with E-state index in [0.717, 1.165) is 30.7 Å². The van der Waals surface area contributed by atoms with Gasteiger partial charge in [-0.3, -0.25) is 4.79 Å². The van der Waals surface area contributed by atoms with Gasteiger partial charge in [0.05, 0.1) is 23.8 Å². The van der Waals surface area contributed by atoms with Gasteiger partial charge in [-0.15, -0.1) is 5.10 Å². The molecule has 2 aromatic heterocycles. The minimum Gasteiger partial charge on any atom is -0.379 e. The Kier molecular flexibility index (Phi) is 6.45. The van der Waals surface area contributed by atoms with Crippen LogP contribution in [0.25, 0.3) is 16.9 Å². The Morgan fingerprint density at radius 1 is 1.12 bits per heavy atom. The number of aromatic nitrogens is 4. The summed E-state index contributed by atoms with van der Waals surface area (Å²) in [5, 5.41) is 4.69. The quantitative estimate of drug-likeness (QED) is 0.581. The second-order valence-electron chi connectivity index (χ2n) is 8.01. The number of ether oxygens (including phenoxy) is 1. The number of hydrogen-bond donors (Lipinski definition) is 1. The summed E-state index contributed by atoms with van der Waals surface area (Å²) in [6, 6.07) is 5.09. The lowest BCUT2D eigenvalue weighted by molar-refractivity contribution is 0.0730. The molecule has 1 aliphatic heterocycles. The van der Waals surface area contributed by atoms with Gasteiger partial charge in [0.1, 0.15) is 5.82 Å². The van der Waals surface area contributed by atoms with Crippen LogP contribution in [0.5, 0.6) is 0 Å². The van der Waals surface area contributed by atoms with E-state index < -0.39 is 10.0 Å². The van der Waals surface area contributed by atoms with Crippen molar-refractivity contribution >= 4 is 15.5 Å². The molecule has 1 fully saturated rings. The number of nitrogens with zero attached hydrogens (tertiary/aromatic N) is 4. The Morgan fingerprint density at radius 2 is 1.84 bits per heavy atom. The van der Waals surface area contributed by atoms with Crippen LogP contribution in [-0.2, 0) is 27.6 Å². The summed E-state index contributed by atoms with van der Waals surface area (Å²) in [6.07, 6.45) is 3.18. The first kappa shape index (κ1) is 22.6. The third-order valence-electron chi connectivity index (χ3n) is 5.68. The number of imidazole rings is 1. The number of H-pyrrole nitrogens is 1. The highest BCUT2D eigenvalue weighted by Crippen LogP contribution is 2.27. The molecule has 1 aromatic carbocycles. The highest BCUT2D eigenvalue weighted by Gasteiger charge is 2.27. The van der Waals surface area contributed by atoms with E-state index in [1.54, 1.807) is 23.6 Å². The molecule has 0 bridgehead atoms. The summed E-state index contributed by atoms with van der Waals surface area (Å²) < 4.78 is 34.8. The molecule has 0 spiro atoms. The first-order valence-corrected chi connectivity index (χ1v) is 12.5. The molecule has 3 aromatic rings. The number of sulfonamides is 1. The zero-order valence-corrected chi connectivity index (χ0v) is 19.5. The summed E-state index contributed by atoms with van der Waals surface area (Å²) in [4.78, 5) is 20.5. The average Bonchev–Trinajstić information content (AvgIpc) is 3.10. The molecule has 0 radical (unpaired) electrons. The van der Waals surface area contributed by atoms with Gasteiger partial charge in [-0.2, -0.15) is 4.31 Å². The molecule has 1 aliphatic rings. The van der Waals surface area contributed by atoms with Gasteiger partial charge in [0.15, 0.2) is 11.3 Å². The minimum absolute atomic E-state index is 0.188. The van der Waals surface area contributed by atoms with E-state index in [4.69, 9.17) is 9.84 Å². The molecule has 0 amide bonds. The van der Waals surface area contributed by atoms with E-state index in [0.29, 0.717) is 55.3 Å². The van der Waals surface area contributed by atoms with Crippen LogP contribution in [0.1, 0.15) is 43.8 Å². The van der Waals surface area contributed by atoms with E-state index in [9.17, 15) is 13.2 Å². The average molecular weight is 460 g/mol. The van der Waals surface area contributed by atoms with Crippen molar-refractivity contribution in [3.63, 3.8) is 0 Å². The predicted molar refractivity (Wildman–Crippen MR) is 121 cm³/mol. The molecular weight excluding hydrogens is 430 g/mol. The third kappa shape index (κ3) is 4.10. The smallest absolute Gasteiger partial charge is 0.277 e. The SMILES string of the molecule is CCCc1ccc(S(=O)(=O)N2CCOCC2)cc1-c1nn2c(CCC)nc(C)c2c(=O)[nH]1. The Morgan fingerprint density at radius 3 is 2.53 bits per heavy atom. The fraction of sp³-hybridized carbons (Fsp3) is 0.500. The van der Waals surface area contributed by atoms with Gasteiger partial charge in [-0.05, 0) is 37.5 Å². The van der Waals surface area contributed by atoms with Crippen LogP contribution in [0, 0.1) is 6.92 Å². The van der Waals surface area contributed by atoms with E-state index in [1.807, 2.05) is 13.0 Å². The van der Waals surface area contributed by atoms with Gasteiger partial charge in [0.2, 0.25) is 10.0 Å². The molecular formula is C22H29N5O4S. The summed E-state index contributed by atoms with van der Waals surface area (Å²) in [5.74, 6) is 1.07. The maximum absolute atomic E-state index is 13.2. The van der Waals surface area contributed by atoms with Crippen LogP contribution >= 0.6 is 0 Å². The van der Waals surface area contributed by atoms with Gasteiger partial charge in [-0.25, -0.2) is 17.9 Å². The Hall–Kier alpha value is -2.56. The number of aryl methyl sites for hydroxylation is 3. The number of fused-ring (bicyclic) bond motifs is 1. The summed E-state index contributed by atoms with van der Waals surface area (Å²) >= 11 is 0. The van der Waals surface area contributed by atoms with Gasteiger partial charge < -0.3 is 9.72 Å². The normalized spacial score (nSPS) is 15.5. The van der Waals surface area contributed by atoms with Crippen LogP contribution in [0.2, 0.25) is 0 Å². The van der Waals surface area contributed by atoms with Crippen molar-refractivity contribution in [3.8, 4) is 11.4 Å². The lowest BCUT2D eigenvalue weighted by Gasteiger charge is -2.26. The van der Waals surface area contributed by atoms with Crippen LogP contribution in [0.15, 0.2) is 27.9 Å². The van der Waals surface area contributed by atoms with Crippen LogP contribution in [-0.4, -0.2) is 58.6 Å². The van der Waals surface area contributed by atoms with Gasteiger partial charge in [-0.1, -0.05) is 26.3 Å². The molecule has 9 nitrogen and oxygen atoms in total. The van der Waals surface area contributed by atoms with Crippen molar-refractivity contribution in [2.24, 2.45) is 0 Å². The van der Waals surface area contributed by atoms with E-state index in [-0.39, 0.29) is 10.5 Å². The van der Waals surface area contributed by atoms with E-state index >= 15 is 0 Å². The van der Waals surface area contributed by atoms with E-state index in [2.05, 4.69) is 16.9 Å². The largest absolute Gasteiger partial charge is 0.379 e. The van der Waals surface area contributed by atoms with Gasteiger partial charge in [0.25, 0.3) is 5.56 Å². The monoisotopic (exact) mass is 459 g/mol. The van der Waals surface area contributed by atoms with E-state index in [1.165, 1.54) is 4.31 Å².